The molecule has 6 heteroatoms. The van der Waals surface area contributed by atoms with Crippen molar-refractivity contribution < 1.29 is 13.5 Å². The number of alkyl halides is 1. The molecule has 1 aromatic heterocycles. The van der Waals surface area contributed by atoms with Gasteiger partial charge in [0.1, 0.15) is 28.8 Å². The largest absolute Gasteiger partial charge is 0.457 e. The Morgan fingerprint density at radius 1 is 1.27 bits per heavy atom. The molecule has 1 aliphatic heterocycles. The Morgan fingerprint density at radius 3 is 2.73 bits per heavy atom. The maximum Gasteiger partial charge on any atom is 0.140 e. The van der Waals surface area contributed by atoms with Crippen LogP contribution in [-0.4, -0.2) is 23.7 Å². The van der Waals surface area contributed by atoms with Crippen molar-refractivity contribution in [3.05, 3.63) is 45.9 Å². The highest BCUT2D eigenvalue weighted by molar-refractivity contribution is 14.1. The van der Waals surface area contributed by atoms with Crippen LogP contribution >= 0.6 is 22.6 Å². The lowest BCUT2D eigenvalue weighted by molar-refractivity contribution is 0.221. The Labute approximate surface area is 141 Å². The van der Waals surface area contributed by atoms with Gasteiger partial charge in [-0.15, -0.1) is 0 Å². The first-order valence-electron chi connectivity index (χ1n) is 6.96. The number of pyridine rings is 1. The molecule has 1 atom stereocenters. The summed E-state index contributed by atoms with van der Waals surface area (Å²) in [6, 6.07) is 8.15. The number of ether oxygens (including phenoxy) is 1. The summed E-state index contributed by atoms with van der Waals surface area (Å²) >= 11 is 1.92. The highest BCUT2D eigenvalue weighted by Gasteiger charge is 2.34. The van der Waals surface area contributed by atoms with Gasteiger partial charge in [-0.2, -0.15) is 0 Å². The van der Waals surface area contributed by atoms with E-state index < -0.39 is 5.67 Å². The van der Waals surface area contributed by atoms with Gasteiger partial charge in [-0.1, -0.05) is 0 Å². The van der Waals surface area contributed by atoms with E-state index in [1.54, 1.807) is 37.4 Å². The molecule has 3 nitrogen and oxygen atoms in total. The van der Waals surface area contributed by atoms with Gasteiger partial charge >= 0.3 is 0 Å². The predicted octanol–water partition coefficient (Wildman–Crippen LogP) is 4.56. The molecular weight excluding hydrogens is 401 g/mol. The monoisotopic (exact) mass is 416 g/mol. The Kier molecular flexibility index (Phi) is 4.20. The van der Waals surface area contributed by atoms with Crippen molar-refractivity contribution in [3.63, 3.8) is 0 Å². The van der Waals surface area contributed by atoms with E-state index in [4.69, 9.17) is 4.74 Å². The summed E-state index contributed by atoms with van der Waals surface area (Å²) in [5, 5.41) is 0. The third-order valence-corrected chi connectivity index (χ3v) is 4.47. The van der Waals surface area contributed by atoms with E-state index >= 15 is 0 Å². The lowest BCUT2D eigenvalue weighted by atomic mass is 10.1. The molecule has 0 spiro atoms. The van der Waals surface area contributed by atoms with E-state index in [9.17, 15) is 8.78 Å². The SMILES string of the molecule is CC1(F)CCN(c2cc(Oc3ccc(I)c(F)c3)ccn2)C1. The molecule has 2 aromatic rings. The number of aromatic nitrogens is 1. The van der Waals surface area contributed by atoms with Crippen LogP contribution < -0.4 is 9.64 Å². The summed E-state index contributed by atoms with van der Waals surface area (Å²) in [6.07, 6.45) is 2.10. The number of halogens is 3. The van der Waals surface area contributed by atoms with Gasteiger partial charge in [0.15, 0.2) is 0 Å². The lowest BCUT2D eigenvalue weighted by Gasteiger charge is -2.19. The fourth-order valence-electron chi connectivity index (χ4n) is 2.43. The number of anilines is 1. The molecule has 0 radical (unpaired) electrons. The fraction of sp³-hybridized carbons (Fsp3) is 0.312. The van der Waals surface area contributed by atoms with Gasteiger partial charge in [0.05, 0.1) is 6.54 Å². The van der Waals surface area contributed by atoms with Crippen molar-refractivity contribution in [2.45, 2.75) is 19.0 Å². The molecule has 2 heterocycles. The zero-order valence-electron chi connectivity index (χ0n) is 12.0. The number of hydrogen-bond acceptors (Lipinski definition) is 3. The van der Waals surface area contributed by atoms with Gasteiger partial charge < -0.3 is 9.64 Å². The molecule has 3 rings (SSSR count). The second-order valence-corrected chi connectivity index (χ2v) is 6.77. The highest BCUT2D eigenvalue weighted by Crippen LogP contribution is 2.31. The minimum atomic E-state index is -1.18. The highest BCUT2D eigenvalue weighted by atomic mass is 127. The van der Waals surface area contributed by atoms with Gasteiger partial charge in [-0.25, -0.2) is 13.8 Å². The lowest BCUT2D eigenvalue weighted by Crippen LogP contribution is -2.26. The molecule has 0 amide bonds. The van der Waals surface area contributed by atoms with Crippen LogP contribution in [0.2, 0.25) is 0 Å². The fourth-order valence-corrected chi connectivity index (χ4v) is 2.77. The number of nitrogens with zero attached hydrogens (tertiary/aromatic N) is 2. The van der Waals surface area contributed by atoms with E-state index in [1.807, 2.05) is 27.5 Å². The molecule has 22 heavy (non-hydrogen) atoms. The Bertz CT molecular complexity index is 694. The molecule has 1 aliphatic rings. The van der Waals surface area contributed by atoms with Crippen LogP contribution in [0.25, 0.3) is 0 Å². The van der Waals surface area contributed by atoms with Crippen molar-refractivity contribution in [2.24, 2.45) is 0 Å². The zero-order chi connectivity index (χ0) is 15.7. The minimum Gasteiger partial charge on any atom is -0.457 e. The summed E-state index contributed by atoms with van der Waals surface area (Å²) < 4.78 is 33.7. The Hall–Kier alpha value is -1.44. The smallest absolute Gasteiger partial charge is 0.140 e. The number of benzene rings is 1. The van der Waals surface area contributed by atoms with Gasteiger partial charge in [0.25, 0.3) is 0 Å². The molecule has 0 bridgehead atoms. The molecule has 116 valence electrons. The van der Waals surface area contributed by atoms with E-state index in [0.29, 0.717) is 40.4 Å². The van der Waals surface area contributed by atoms with E-state index in [2.05, 4.69) is 4.98 Å². The molecular formula is C16H15F2IN2O. The molecule has 0 aliphatic carbocycles. The van der Waals surface area contributed by atoms with E-state index in [0.717, 1.165) is 0 Å². The average molecular weight is 416 g/mol. The van der Waals surface area contributed by atoms with Crippen molar-refractivity contribution in [1.82, 2.24) is 4.98 Å². The van der Waals surface area contributed by atoms with Crippen LogP contribution in [0.1, 0.15) is 13.3 Å². The van der Waals surface area contributed by atoms with Crippen LogP contribution in [0.4, 0.5) is 14.6 Å². The third kappa shape index (κ3) is 3.48. The summed E-state index contributed by atoms with van der Waals surface area (Å²) in [7, 11) is 0. The summed E-state index contributed by atoms with van der Waals surface area (Å²) in [5.41, 5.74) is -1.18. The van der Waals surface area contributed by atoms with Crippen LogP contribution in [0, 0.1) is 9.39 Å². The summed E-state index contributed by atoms with van der Waals surface area (Å²) in [4.78, 5) is 6.15. The maximum atomic E-state index is 13.9. The number of hydrogen-bond donors (Lipinski definition) is 0. The molecule has 0 N–H and O–H groups in total. The third-order valence-electron chi connectivity index (χ3n) is 3.59. The van der Waals surface area contributed by atoms with Gasteiger partial charge in [-0.05, 0) is 47.7 Å². The van der Waals surface area contributed by atoms with Crippen molar-refractivity contribution in [1.29, 1.82) is 0 Å². The van der Waals surface area contributed by atoms with Gasteiger partial charge in [-0.3, -0.25) is 0 Å². The molecule has 1 unspecified atom stereocenters. The predicted molar refractivity (Wildman–Crippen MR) is 89.8 cm³/mol. The average Bonchev–Trinajstić information content (AvgIpc) is 2.84. The van der Waals surface area contributed by atoms with Crippen LogP contribution in [0.15, 0.2) is 36.5 Å². The van der Waals surface area contributed by atoms with Gasteiger partial charge in [0.2, 0.25) is 0 Å². The Balaban J connectivity index is 1.78. The summed E-state index contributed by atoms with van der Waals surface area (Å²) in [6.45, 7) is 2.55. The first-order chi connectivity index (χ1) is 10.4. The topological polar surface area (TPSA) is 25.4 Å². The van der Waals surface area contributed by atoms with Crippen LogP contribution in [0.3, 0.4) is 0 Å². The summed E-state index contributed by atoms with van der Waals surface area (Å²) in [5.74, 6) is 1.33. The van der Waals surface area contributed by atoms with Crippen molar-refractivity contribution in [2.75, 3.05) is 18.0 Å². The van der Waals surface area contributed by atoms with Crippen molar-refractivity contribution in [3.8, 4) is 11.5 Å². The maximum absolute atomic E-state index is 13.9. The Morgan fingerprint density at radius 2 is 2.05 bits per heavy atom. The van der Waals surface area contributed by atoms with E-state index in [-0.39, 0.29) is 5.82 Å². The minimum absolute atomic E-state index is 0.319. The zero-order valence-corrected chi connectivity index (χ0v) is 14.2. The first kappa shape index (κ1) is 15.5. The number of rotatable bonds is 3. The molecule has 1 fully saturated rings. The first-order valence-corrected chi connectivity index (χ1v) is 8.04. The second kappa shape index (κ2) is 5.98. The standard InChI is InChI=1S/C16H15F2IN2O/c1-16(18)5-7-21(10-16)15-9-12(4-6-20-15)22-11-2-3-14(19)13(17)8-11/h2-4,6,8-9H,5,7,10H2,1H3. The van der Waals surface area contributed by atoms with E-state index in [1.165, 1.54) is 6.07 Å². The molecule has 0 saturated carbocycles. The normalized spacial score (nSPS) is 21.2. The molecule has 1 saturated heterocycles. The van der Waals surface area contributed by atoms with Crippen LogP contribution in [-0.2, 0) is 0 Å². The second-order valence-electron chi connectivity index (χ2n) is 5.61. The quantitative estimate of drug-likeness (QED) is 0.687. The van der Waals surface area contributed by atoms with Crippen molar-refractivity contribution >= 4 is 28.4 Å². The van der Waals surface area contributed by atoms with Crippen LogP contribution in [0.5, 0.6) is 11.5 Å². The van der Waals surface area contributed by atoms with Gasteiger partial charge in [0, 0.05) is 34.9 Å². The molecule has 1 aromatic carbocycles.